The van der Waals surface area contributed by atoms with E-state index in [2.05, 4.69) is 141 Å². The van der Waals surface area contributed by atoms with Gasteiger partial charge in [-0.1, -0.05) is 111 Å². The van der Waals surface area contributed by atoms with Gasteiger partial charge in [-0.3, -0.25) is 0 Å². The number of aromatic nitrogens is 1. The van der Waals surface area contributed by atoms with E-state index in [9.17, 15) is 0 Å². The van der Waals surface area contributed by atoms with E-state index in [0.29, 0.717) is 0 Å². The Labute approximate surface area is 248 Å². The molecule has 9 rings (SSSR count). The van der Waals surface area contributed by atoms with Gasteiger partial charge in [0.05, 0.1) is 10.2 Å². The number of hydrogen-bond acceptors (Lipinski definition) is 2. The topological polar surface area (TPSA) is 12.9 Å². The molecule has 1 nitrogen and oxygen atoms in total. The molecular formula is C40H27NS. The van der Waals surface area contributed by atoms with Crippen LogP contribution in [0.3, 0.4) is 0 Å². The van der Waals surface area contributed by atoms with Crippen molar-refractivity contribution in [3.63, 3.8) is 0 Å². The van der Waals surface area contributed by atoms with Gasteiger partial charge in [0.2, 0.25) is 0 Å². The smallest absolute Gasteiger partial charge is 0.124 e. The molecule has 1 aromatic heterocycles. The number of rotatable bonds is 2. The molecule has 42 heavy (non-hydrogen) atoms. The van der Waals surface area contributed by atoms with Crippen LogP contribution in [0.15, 0.2) is 127 Å². The quantitative estimate of drug-likeness (QED) is 0.194. The highest BCUT2D eigenvalue weighted by molar-refractivity contribution is 7.22. The van der Waals surface area contributed by atoms with Crippen molar-refractivity contribution in [2.75, 3.05) is 0 Å². The van der Waals surface area contributed by atoms with E-state index < -0.39 is 0 Å². The van der Waals surface area contributed by atoms with Crippen LogP contribution in [-0.4, -0.2) is 4.98 Å². The number of benzene rings is 7. The summed E-state index contributed by atoms with van der Waals surface area (Å²) in [6.45, 7) is 4.74. The largest absolute Gasteiger partial charge is 0.236 e. The number of hydrogen-bond donors (Lipinski definition) is 0. The van der Waals surface area contributed by atoms with Crippen LogP contribution in [0.25, 0.3) is 75.4 Å². The zero-order valence-corrected chi connectivity index (χ0v) is 24.3. The average Bonchev–Trinajstić information content (AvgIpc) is 3.57. The Hall–Kier alpha value is -4.79. The summed E-state index contributed by atoms with van der Waals surface area (Å²) in [7, 11) is 0. The monoisotopic (exact) mass is 553 g/mol. The van der Waals surface area contributed by atoms with Crippen molar-refractivity contribution < 1.29 is 0 Å². The first kappa shape index (κ1) is 23.9. The van der Waals surface area contributed by atoms with E-state index in [1.54, 1.807) is 11.3 Å². The van der Waals surface area contributed by atoms with Crippen LogP contribution in [0.5, 0.6) is 0 Å². The van der Waals surface area contributed by atoms with E-state index in [1.807, 2.05) is 0 Å². The molecule has 0 atom stereocenters. The van der Waals surface area contributed by atoms with Gasteiger partial charge >= 0.3 is 0 Å². The van der Waals surface area contributed by atoms with Gasteiger partial charge in [0.15, 0.2) is 0 Å². The fraction of sp³-hybridized carbons (Fsp3) is 0.0750. The summed E-state index contributed by atoms with van der Waals surface area (Å²) in [6.07, 6.45) is 0. The lowest BCUT2D eigenvalue weighted by Gasteiger charge is -2.22. The predicted octanol–water partition coefficient (Wildman–Crippen LogP) is 11.4. The van der Waals surface area contributed by atoms with Gasteiger partial charge in [-0.15, -0.1) is 11.3 Å². The summed E-state index contributed by atoms with van der Waals surface area (Å²) < 4.78 is 1.26. The molecular weight excluding hydrogens is 527 g/mol. The molecule has 0 saturated carbocycles. The van der Waals surface area contributed by atoms with E-state index in [4.69, 9.17) is 4.98 Å². The summed E-state index contributed by atoms with van der Waals surface area (Å²) in [4.78, 5) is 5.03. The van der Waals surface area contributed by atoms with Gasteiger partial charge in [-0.2, -0.15) is 0 Å². The third-order valence-corrected chi connectivity index (χ3v) is 10.4. The maximum Gasteiger partial charge on any atom is 0.124 e. The molecule has 0 radical (unpaired) electrons. The lowest BCUT2D eigenvalue weighted by molar-refractivity contribution is 0.661. The number of nitrogens with zero attached hydrogens (tertiary/aromatic N) is 1. The third kappa shape index (κ3) is 3.39. The first-order chi connectivity index (χ1) is 20.5. The number of fused-ring (bicyclic) bond motifs is 9. The Kier molecular flexibility index (Phi) is 4.89. The molecule has 8 aromatic rings. The average molecular weight is 554 g/mol. The van der Waals surface area contributed by atoms with Crippen LogP contribution in [-0.2, 0) is 5.41 Å². The Balaban J connectivity index is 1.23. The highest BCUT2D eigenvalue weighted by Gasteiger charge is 2.35. The standard InChI is InChI=1S/C40H27NS/c1-40(2)34-23-30(16-18-31(34)33-21-27-10-6-7-11-28(27)22-35(33)40)29-15-13-24-12-14-25-17-19-36-38(37(25)32(24)20-29)42-39(41-36)26-8-4-3-5-9-26/h3-23H,1-2H3. The van der Waals surface area contributed by atoms with E-state index in [0.717, 1.165) is 10.5 Å². The summed E-state index contributed by atoms with van der Waals surface area (Å²) in [6, 6.07) is 46.9. The molecule has 0 fully saturated rings. The van der Waals surface area contributed by atoms with E-state index in [1.165, 1.54) is 76.0 Å². The van der Waals surface area contributed by atoms with Crippen molar-refractivity contribution in [1.82, 2.24) is 4.98 Å². The Morgan fingerprint density at radius 3 is 2.05 bits per heavy atom. The lowest BCUT2D eigenvalue weighted by atomic mass is 9.81. The highest BCUT2D eigenvalue weighted by atomic mass is 32.1. The zero-order chi connectivity index (χ0) is 28.0. The number of thiazole rings is 1. The second-order valence-corrected chi connectivity index (χ2v) is 13.0. The van der Waals surface area contributed by atoms with Gasteiger partial charge in [0, 0.05) is 16.4 Å². The zero-order valence-electron chi connectivity index (χ0n) is 23.5. The van der Waals surface area contributed by atoms with Crippen molar-refractivity contribution in [2.45, 2.75) is 19.3 Å². The first-order valence-corrected chi connectivity index (χ1v) is 15.4. The normalized spacial score (nSPS) is 13.7. The Morgan fingerprint density at radius 2 is 1.19 bits per heavy atom. The molecule has 0 amide bonds. The molecule has 198 valence electrons. The molecule has 7 aromatic carbocycles. The van der Waals surface area contributed by atoms with Crippen molar-refractivity contribution in [3.05, 3.63) is 139 Å². The molecule has 0 bridgehead atoms. The molecule has 0 spiro atoms. The minimum absolute atomic E-state index is 0.0586. The van der Waals surface area contributed by atoms with Crippen molar-refractivity contribution in [3.8, 4) is 32.8 Å². The van der Waals surface area contributed by atoms with Crippen molar-refractivity contribution in [1.29, 1.82) is 0 Å². The van der Waals surface area contributed by atoms with Crippen LogP contribution in [0, 0.1) is 0 Å². The summed E-state index contributed by atoms with van der Waals surface area (Å²) >= 11 is 1.80. The van der Waals surface area contributed by atoms with Gasteiger partial charge in [0.1, 0.15) is 5.01 Å². The van der Waals surface area contributed by atoms with E-state index in [-0.39, 0.29) is 5.41 Å². The van der Waals surface area contributed by atoms with Crippen LogP contribution < -0.4 is 0 Å². The summed E-state index contributed by atoms with van der Waals surface area (Å²) in [5.74, 6) is 0. The van der Waals surface area contributed by atoms with Crippen LogP contribution in [0.4, 0.5) is 0 Å². The SMILES string of the molecule is CC1(C)c2cc(-c3ccc4ccc5ccc6nc(-c7ccccc7)sc6c5c4c3)ccc2-c2cc3ccccc3cc21. The van der Waals surface area contributed by atoms with Crippen LogP contribution >= 0.6 is 11.3 Å². The maximum atomic E-state index is 5.03. The highest BCUT2D eigenvalue weighted by Crippen LogP contribution is 2.51. The molecule has 0 unspecified atom stereocenters. The Morgan fingerprint density at radius 1 is 0.524 bits per heavy atom. The fourth-order valence-corrected chi connectivity index (χ4v) is 8.15. The molecule has 1 aliphatic rings. The summed E-state index contributed by atoms with van der Waals surface area (Å²) in [5, 5.41) is 8.78. The van der Waals surface area contributed by atoms with Gasteiger partial charge in [-0.05, 0) is 90.6 Å². The minimum atomic E-state index is -0.0586. The van der Waals surface area contributed by atoms with Gasteiger partial charge in [0.25, 0.3) is 0 Å². The first-order valence-electron chi connectivity index (χ1n) is 14.5. The van der Waals surface area contributed by atoms with Crippen LogP contribution in [0.1, 0.15) is 25.0 Å². The maximum absolute atomic E-state index is 5.03. The van der Waals surface area contributed by atoms with E-state index >= 15 is 0 Å². The predicted molar refractivity (Wildman–Crippen MR) is 181 cm³/mol. The van der Waals surface area contributed by atoms with Gasteiger partial charge < -0.3 is 0 Å². The molecule has 0 aliphatic heterocycles. The van der Waals surface area contributed by atoms with Gasteiger partial charge in [-0.25, -0.2) is 4.98 Å². The summed E-state index contributed by atoms with van der Waals surface area (Å²) in [5.41, 5.74) is 10.2. The molecule has 0 saturated heterocycles. The van der Waals surface area contributed by atoms with Crippen molar-refractivity contribution >= 4 is 53.9 Å². The molecule has 0 N–H and O–H groups in total. The minimum Gasteiger partial charge on any atom is -0.236 e. The van der Waals surface area contributed by atoms with Crippen LogP contribution in [0.2, 0.25) is 0 Å². The second kappa shape index (κ2) is 8.61. The Bertz CT molecular complexity index is 2380. The molecule has 1 heterocycles. The second-order valence-electron chi connectivity index (χ2n) is 12.0. The molecule has 2 heteroatoms. The lowest BCUT2D eigenvalue weighted by Crippen LogP contribution is -2.15. The van der Waals surface area contributed by atoms with Crippen molar-refractivity contribution in [2.24, 2.45) is 0 Å². The fourth-order valence-electron chi connectivity index (χ4n) is 7.01. The third-order valence-electron chi connectivity index (χ3n) is 9.25. The molecule has 1 aliphatic carbocycles.